The average molecular weight is 107 g/mol. The first-order valence-electron chi connectivity index (χ1n) is 1.56. The molecule has 0 amide bonds. The van der Waals surface area contributed by atoms with Gasteiger partial charge in [-0.3, -0.25) is 0 Å². The molecule has 0 saturated carbocycles. The van der Waals surface area contributed by atoms with Crippen LogP contribution in [-0.2, 0) is 0 Å². The first-order chi connectivity index (χ1) is 2.77. The lowest BCUT2D eigenvalue weighted by molar-refractivity contribution is 1.09. The summed E-state index contributed by atoms with van der Waals surface area (Å²) in [5, 5.41) is 2.92. The molecule has 6 heavy (non-hydrogen) atoms. The van der Waals surface area contributed by atoms with Gasteiger partial charge in [0.2, 0.25) is 0 Å². The fraction of sp³-hybridized carbons (Fsp3) is 0.333. The first kappa shape index (κ1) is 5.63. The molecule has 0 heterocycles. The van der Waals surface area contributed by atoms with Gasteiger partial charge < -0.3 is 11.1 Å². The average Bonchev–Trinajstić information content (AvgIpc) is 1.35. The molecule has 3 heteroatoms. The van der Waals surface area contributed by atoms with E-state index in [4.69, 9.17) is 17.3 Å². The van der Waals surface area contributed by atoms with Crippen molar-refractivity contribution in [3.63, 3.8) is 0 Å². The Morgan fingerprint density at radius 3 is 2.50 bits per heavy atom. The van der Waals surface area contributed by atoms with Gasteiger partial charge in [0.15, 0.2) is 0 Å². The predicted octanol–water partition coefficient (Wildman–Crippen LogP) is 0.202. The number of nitrogens with one attached hydrogen (secondary N) is 1. The van der Waals surface area contributed by atoms with Crippen molar-refractivity contribution in [3.05, 3.63) is 11.4 Å². The van der Waals surface area contributed by atoms with Crippen molar-refractivity contribution in [1.29, 1.82) is 0 Å². The second-order valence-electron chi connectivity index (χ2n) is 0.818. The van der Waals surface area contributed by atoms with E-state index in [0.29, 0.717) is 0 Å². The summed E-state index contributed by atoms with van der Waals surface area (Å²) in [5.41, 5.74) is 4.97. The minimum atomic E-state index is 0.275. The Bertz CT molecular complexity index is 55.8. The first-order valence-corrected chi connectivity index (χ1v) is 1.93. The smallest absolute Gasteiger partial charge is 0.115 e. The van der Waals surface area contributed by atoms with E-state index >= 15 is 0 Å². The molecule has 0 aliphatic heterocycles. The van der Waals surface area contributed by atoms with Gasteiger partial charge in [-0.05, 0) is 0 Å². The van der Waals surface area contributed by atoms with Crippen LogP contribution in [0.5, 0.6) is 0 Å². The van der Waals surface area contributed by atoms with Gasteiger partial charge in [-0.1, -0.05) is 11.6 Å². The monoisotopic (exact) mass is 106 g/mol. The molecule has 0 spiro atoms. The lowest BCUT2D eigenvalue weighted by Crippen LogP contribution is -1.97. The van der Waals surface area contributed by atoms with Crippen molar-refractivity contribution in [2.24, 2.45) is 5.73 Å². The summed E-state index contributed by atoms with van der Waals surface area (Å²) in [6, 6.07) is 0. The van der Waals surface area contributed by atoms with Crippen molar-refractivity contribution in [3.8, 4) is 0 Å². The molecule has 0 unspecified atom stereocenters. The van der Waals surface area contributed by atoms with Crippen molar-refractivity contribution in [2.45, 2.75) is 0 Å². The highest BCUT2D eigenvalue weighted by molar-refractivity contribution is 6.28. The van der Waals surface area contributed by atoms with E-state index in [2.05, 4.69) is 5.32 Å². The molecule has 0 fully saturated rings. The fourth-order valence-electron chi connectivity index (χ4n) is 0.138. The van der Waals surface area contributed by atoms with Crippen LogP contribution >= 0.6 is 11.6 Å². The maximum Gasteiger partial charge on any atom is 0.115 e. The molecule has 36 valence electrons. The maximum absolute atomic E-state index is 5.15. The largest absolute Gasteiger partial charge is 0.392 e. The van der Waals surface area contributed by atoms with Gasteiger partial charge in [0, 0.05) is 13.2 Å². The SMILES string of the molecule is CN/C=C(\N)Cl. The van der Waals surface area contributed by atoms with Crippen molar-refractivity contribution < 1.29 is 0 Å². The highest BCUT2D eigenvalue weighted by Gasteiger charge is 1.69. The molecule has 0 aromatic carbocycles. The van der Waals surface area contributed by atoms with E-state index in [1.807, 2.05) is 0 Å². The van der Waals surface area contributed by atoms with E-state index in [-0.39, 0.29) is 5.16 Å². The summed E-state index contributed by atoms with van der Waals surface area (Å²) in [5.74, 6) is 0. The summed E-state index contributed by atoms with van der Waals surface area (Å²) in [7, 11) is 1.73. The van der Waals surface area contributed by atoms with Crippen LogP contribution in [-0.4, -0.2) is 7.05 Å². The molecular weight excluding hydrogens is 99.5 g/mol. The van der Waals surface area contributed by atoms with Crippen LogP contribution in [0.2, 0.25) is 0 Å². The number of hydrogen-bond acceptors (Lipinski definition) is 2. The summed E-state index contributed by atoms with van der Waals surface area (Å²) in [4.78, 5) is 0. The standard InChI is InChI=1S/C3H7ClN2/c1-6-2-3(4)5/h2,6H,5H2,1H3/b3-2-. The molecular formula is C3H7ClN2. The van der Waals surface area contributed by atoms with Crippen molar-refractivity contribution >= 4 is 11.6 Å². The second-order valence-corrected chi connectivity index (χ2v) is 1.25. The van der Waals surface area contributed by atoms with E-state index in [9.17, 15) is 0 Å². The molecule has 0 aliphatic rings. The third-order valence-corrected chi connectivity index (χ3v) is 0.391. The van der Waals surface area contributed by atoms with Crippen LogP contribution in [0.4, 0.5) is 0 Å². The van der Waals surface area contributed by atoms with Gasteiger partial charge in [-0.15, -0.1) is 0 Å². The Hall–Kier alpha value is -0.370. The molecule has 0 saturated heterocycles. The van der Waals surface area contributed by atoms with E-state index in [0.717, 1.165) is 0 Å². The fourth-order valence-corrected chi connectivity index (χ4v) is 0.247. The molecule has 0 aromatic rings. The summed E-state index contributed by atoms with van der Waals surface area (Å²) < 4.78 is 0. The van der Waals surface area contributed by atoms with Gasteiger partial charge in [-0.2, -0.15) is 0 Å². The lowest BCUT2D eigenvalue weighted by Gasteiger charge is -1.83. The highest BCUT2D eigenvalue weighted by Crippen LogP contribution is 1.82. The quantitative estimate of drug-likeness (QED) is 0.469. The minimum absolute atomic E-state index is 0.275. The number of hydrogen-bond donors (Lipinski definition) is 2. The maximum atomic E-state index is 5.15. The number of nitrogens with two attached hydrogens (primary N) is 1. The Morgan fingerprint density at radius 1 is 2.00 bits per heavy atom. The molecule has 2 nitrogen and oxygen atoms in total. The van der Waals surface area contributed by atoms with Crippen LogP contribution in [0.3, 0.4) is 0 Å². The summed E-state index contributed by atoms with van der Waals surface area (Å²) >= 11 is 5.15. The van der Waals surface area contributed by atoms with Crippen LogP contribution in [0.1, 0.15) is 0 Å². The summed E-state index contributed by atoms with van der Waals surface area (Å²) in [6.07, 6.45) is 1.50. The third-order valence-electron chi connectivity index (χ3n) is 0.282. The van der Waals surface area contributed by atoms with Gasteiger partial charge in [0.25, 0.3) is 0 Å². The second kappa shape index (κ2) is 2.85. The van der Waals surface area contributed by atoms with Crippen molar-refractivity contribution in [2.75, 3.05) is 7.05 Å². The third kappa shape index (κ3) is 3.63. The molecule has 0 aliphatic carbocycles. The Morgan fingerprint density at radius 2 is 2.50 bits per heavy atom. The zero-order valence-corrected chi connectivity index (χ0v) is 4.29. The van der Waals surface area contributed by atoms with Gasteiger partial charge in [-0.25, -0.2) is 0 Å². The van der Waals surface area contributed by atoms with Gasteiger partial charge in [0.1, 0.15) is 5.16 Å². The Labute approximate surface area is 42.0 Å². The molecule has 0 rings (SSSR count). The van der Waals surface area contributed by atoms with Crippen LogP contribution < -0.4 is 11.1 Å². The number of halogens is 1. The molecule has 0 radical (unpaired) electrons. The minimum Gasteiger partial charge on any atom is -0.392 e. The normalized spacial score (nSPS) is 11.3. The molecule has 3 N–H and O–H groups in total. The number of rotatable bonds is 1. The van der Waals surface area contributed by atoms with Crippen molar-refractivity contribution in [1.82, 2.24) is 5.32 Å². The van der Waals surface area contributed by atoms with E-state index in [1.54, 1.807) is 7.05 Å². The van der Waals surface area contributed by atoms with E-state index in [1.165, 1.54) is 6.20 Å². The topological polar surface area (TPSA) is 38.0 Å². The Balaban J connectivity index is 3.14. The molecule has 0 aromatic heterocycles. The highest BCUT2D eigenvalue weighted by atomic mass is 35.5. The molecule has 0 bridgehead atoms. The van der Waals surface area contributed by atoms with Gasteiger partial charge >= 0.3 is 0 Å². The van der Waals surface area contributed by atoms with Crippen LogP contribution in [0, 0.1) is 0 Å². The predicted molar refractivity (Wildman–Crippen MR) is 27.2 cm³/mol. The zero-order valence-electron chi connectivity index (χ0n) is 3.53. The van der Waals surface area contributed by atoms with Crippen LogP contribution in [0.15, 0.2) is 11.4 Å². The van der Waals surface area contributed by atoms with Crippen LogP contribution in [0.25, 0.3) is 0 Å². The lowest BCUT2D eigenvalue weighted by atomic mass is 10.9. The molecule has 0 atom stereocenters. The Kier molecular flexibility index (Phi) is 2.67. The summed E-state index contributed by atoms with van der Waals surface area (Å²) in [6.45, 7) is 0. The van der Waals surface area contributed by atoms with Gasteiger partial charge in [0.05, 0.1) is 0 Å². The van der Waals surface area contributed by atoms with E-state index < -0.39 is 0 Å². The zero-order chi connectivity index (χ0) is 4.99.